The quantitative estimate of drug-likeness (QED) is 0.555. The summed E-state index contributed by atoms with van der Waals surface area (Å²) in [6.07, 6.45) is 3.82. The fraction of sp³-hybridized carbons (Fsp3) is 0.600. The Morgan fingerprint density at radius 3 is 2.71 bits per heavy atom. The zero-order chi connectivity index (χ0) is 12.3. The van der Waals surface area contributed by atoms with Crippen molar-refractivity contribution in [3.05, 3.63) is 28.8 Å². The minimum absolute atomic E-state index is 0.518. The summed E-state index contributed by atoms with van der Waals surface area (Å²) < 4.78 is 11.0. The van der Waals surface area contributed by atoms with Crippen LogP contribution < -0.4 is 4.74 Å². The van der Waals surface area contributed by atoms with Gasteiger partial charge in [0, 0.05) is 0 Å². The third kappa shape index (κ3) is 3.22. The van der Waals surface area contributed by atoms with E-state index in [2.05, 4.69) is 32.9 Å². The van der Waals surface area contributed by atoms with Gasteiger partial charge in [0.2, 0.25) is 0 Å². The van der Waals surface area contributed by atoms with E-state index in [9.17, 15) is 0 Å². The van der Waals surface area contributed by atoms with Crippen LogP contribution >= 0.6 is 0 Å². The Morgan fingerprint density at radius 1 is 1.29 bits per heavy atom. The first kappa shape index (κ1) is 12.4. The van der Waals surface area contributed by atoms with Crippen molar-refractivity contribution in [2.24, 2.45) is 0 Å². The van der Waals surface area contributed by atoms with Gasteiger partial charge < -0.3 is 9.47 Å². The molecule has 94 valence electrons. The first-order valence-corrected chi connectivity index (χ1v) is 6.56. The van der Waals surface area contributed by atoms with Crippen molar-refractivity contribution in [1.29, 1.82) is 0 Å². The first-order chi connectivity index (χ1) is 8.22. The highest BCUT2D eigenvalue weighted by molar-refractivity contribution is 5.43. The summed E-state index contributed by atoms with van der Waals surface area (Å²) in [4.78, 5) is 0. The largest absolute Gasteiger partial charge is 0.493 e. The predicted octanol–water partition coefficient (Wildman–Crippen LogP) is 3.42. The third-order valence-electron chi connectivity index (χ3n) is 3.56. The van der Waals surface area contributed by atoms with E-state index in [1.165, 1.54) is 16.7 Å². The second-order valence-corrected chi connectivity index (χ2v) is 4.77. The molecule has 0 N–H and O–H groups in total. The van der Waals surface area contributed by atoms with Crippen molar-refractivity contribution >= 4 is 0 Å². The Labute approximate surface area is 104 Å². The molecule has 0 radical (unpaired) electrons. The van der Waals surface area contributed by atoms with Gasteiger partial charge in [-0.2, -0.15) is 0 Å². The summed E-state index contributed by atoms with van der Waals surface area (Å²) in [5.74, 6) is 1.04. The lowest BCUT2D eigenvalue weighted by atomic mass is 10.0. The van der Waals surface area contributed by atoms with Gasteiger partial charge in [-0.05, 0) is 55.9 Å². The lowest BCUT2D eigenvalue weighted by molar-refractivity contribution is 0.292. The first-order valence-electron chi connectivity index (χ1n) is 6.56. The molecule has 0 aliphatic carbocycles. The van der Waals surface area contributed by atoms with E-state index in [0.717, 1.165) is 38.2 Å². The monoisotopic (exact) mass is 234 g/mol. The normalized spacial score (nSPS) is 18.2. The highest BCUT2D eigenvalue weighted by Crippen LogP contribution is 2.25. The minimum atomic E-state index is 0.518. The molecule has 0 saturated carbocycles. The van der Waals surface area contributed by atoms with Crippen molar-refractivity contribution in [2.45, 2.75) is 46.1 Å². The van der Waals surface area contributed by atoms with Gasteiger partial charge in [0.25, 0.3) is 0 Å². The van der Waals surface area contributed by atoms with E-state index in [1.807, 2.05) is 0 Å². The number of hydrogen-bond donors (Lipinski definition) is 0. The molecule has 0 amide bonds. The van der Waals surface area contributed by atoms with Crippen LogP contribution in [0.25, 0.3) is 0 Å². The lowest BCUT2D eigenvalue weighted by Crippen LogP contribution is -2.02. The molecular formula is C15H22O2. The summed E-state index contributed by atoms with van der Waals surface area (Å²) in [6.45, 7) is 8.26. The molecule has 2 nitrogen and oxygen atoms in total. The fourth-order valence-corrected chi connectivity index (χ4v) is 2.12. The fourth-order valence-electron chi connectivity index (χ4n) is 2.12. The Hall–Kier alpha value is -1.02. The van der Waals surface area contributed by atoms with Crippen LogP contribution in [0.2, 0.25) is 0 Å². The molecule has 1 atom stereocenters. The highest BCUT2D eigenvalue weighted by Gasteiger charge is 2.21. The molecule has 0 spiro atoms. The lowest BCUT2D eigenvalue weighted by Gasteiger charge is -2.13. The number of benzene rings is 1. The molecule has 0 aromatic heterocycles. The molecule has 1 heterocycles. The second kappa shape index (κ2) is 5.54. The van der Waals surface area contributed by atoms with Crippen LogP contribution in [-0.4, -0.2) is 19.3 Å². The maximum Gasteiger partial charge on any atom is 0.122 e. The predicted molar refractivity (Wildman–Crippen MR) is 69.8 cm³/mol. The van der Waals surface area contributed by atoms with E-state index in [1.54, 1.807) is 0 Å². The van der Waals surface area contributed by atoms with Gasteiger partial charge in [-0.15, -0.1) is 0 Å². The van der Waals surface area contributed by atoms with Crippen molar-refractivity contribution in [3.8, 4) is 5.75 Å². The maximum atomic E-state index is 5.84. The smallest absolute Gasteiger partial charge is 0.122 e. The van der Waals surface area contributed by atoms with Crippen LogP contribution in [-0.2, 0) is 11.2 Å². The minimum Gasteiger partial charge on any atom is -0.493 e. The number of hydrogen-bond acceptors (Lipinski definition) is 2. The molecule has 1 fully saturated rings. The van der Waals surface area contributed by atoms with Crippen molar-refractivity contribution in [1.82, 2.24) is 0 Å². The van der Waals surface area contributed by atoms with Gasteiger partial charge in [0.1, 0.15) is 5.75 Å². The average Bonchev–Trinajstić information content (AvgIpc) is 3.14. The van der Waals surface area contributed by atoms with Gasteiger partial charge in [-0.1, -0.05) is 13.0 Å². The van der Waals surface area contributed by atoms with Gasteiger partial charge in [0.15, 0.2) is 0 Å². The topological polar surface area (TPSA) is 21.8 Å². The molecule has 1 aromatic carbocycles. The zero-order valence-electron chi connectivity index (χ0n) is 11.1. The van der Waals surface area contributed by atoms with E-state index in [0.29, 0.717) is 6.10 Å². The summed E-state index contributed by atoms with van der Waals surface area (Å²) >= 11 is 0. The Kier molecular flexibility index (Phi) is 4.06. The summed E-state index contributed by atoms with van der Waals surface area (Å²) in [7, 11) is 0. The summed E-state index contributed by atoms with van der Waals surface area (Å²) in [5, 5.41) is 0. The number of epoxide rings is 1. The standard InChI is InChI=1S/C15H22O2/c1-4-13-7-8-15(12(3)11(13)2)16-9-5-6-14-10-17-14/h7-8,14H,4-6,9-10H2,1-3H3. The molecule has 1 unspecified atom stereocenters. The van der Waals surface area contributed by atoms with Gasteiger partial charge in [-0.3, -0.25) is 0 Å². The van der Waals surface area contributed by atoms with E-state index in [-0.39, 0.29) is 0 Å². The van der Waals surface area contributed by atoms with Crippen LogP contribution in [0, 0.1) is 13.8 Å². The molecule has 1 aliphatic heterocycles. The average molecular weight is 234 g/mol. The molecule has 1 saturated heterocycles. The maximum absolute atomic E-state index is 5.84. The summed E-state index contributed by atoms with van der Waals surface area (Å²) in [6, 6.07) is 4.29. The molecule has 2 rings (SSSR count). The molecule has 2 heteroatoms. The molecular weight excluding hydrogens is 212 g/mol. The highest BCUT2D eigenvalue weighted by atomic mass is 16.6. The van der Waals surface area contributed by atoms with Gasteiger partial charge in [-0.25, -0.2) is 0 Å². The van der Waals surface area contributed by atoms with Crippen LogP contribution in [0.3, 0.4) is 0 Å². The van der Waals surface area contributed by atoms with Gasteiger partial charge >= 0.3 is 0 Å². The SMILES string of the molecule is CCc1ccc(OCCCC2CO2)c(C)c1C. The third-order valence-corrected chi connectivity index (χ3v) is 3.56. The van der Waals surface area contributed by atoms with E-state index in [4.69, 9.17) is 9.47 Å². The van der Waals surface area contributed by atoms with E-state index >= 15 is 0 Å². The zero-order valence-corrected chi connectivity index (χ0v) is 11.1. The number of aryl methyl sites for hydroxylation is 1. The molecule has 17 heavy (non-hydrogen) atoms. The second-order valence-electron chi connectivity index (χ2n) is 4.77. The summed E-state index contributed by atoms with van der Waals surface area (Å²) in [5.41, 5.74) is 4.07. The van der Waals surface area contributed by atoms with Crippen LogP contribution in [0.1, 0.15) is 36.5 Å². The van der Waals surface area contributed by atoms with Crippen LogP contribution in [0.15, 0.2) is 12.1 Å². The number of rotatable bonds is 6. The van der Waals surface area contributed by atoms with Gasteiger partial charge in [0.05, 0.1) is 19.3 Å². The van der Waals surface area contributed by atoms with Crippen molar-refractivity contribution < 1.29 is 9.47 Å². The Balaban J connectivity index is 1.88. The van der Waals surface area contributed by atoms with Crippen molar-refractivity contribution in [2.75, 3.05) is 13.2 Å². The molecule has 1 aliphatic rings. The Morgan fingerprint density at radius 2 is 2.06 bits per heavy atom. The van der Waals surface area contributed by atoms with Crippen LogP contribution in [0.5, 0.6) is 5.75 Å². The molecule has 1 aromatic rings. The molecule has 0 bridgehead atoms. The van der Waals surface area contributed by atoms with Crippen LogP contribution in [0.4, 0.5) is 0 Å². The Bertz CT molecular complexity index is 381. The van der Waals surface area contributed by atoms with Crippen molar-refractivity contribution in [3.63, 3.8) is 0 Å². The van der Waals surface area contributed by atoms with E-state index < -0.39 is 0 Å². The number of ether oxygens (including phenoxy) is 2.